The van der Waals surface area contributed by atoms with E-state index < -0.39 is 18.6 Å². The SMILES string of the molecule is CC(C)CN(CC(F)(F)F)C(=O)c1cccc(Br)c1Cl. The Kier molecular flexibility index (Phi) is 5.89. The molecular formula is C13H14BrClF3NO. The van der Waals surface area contributed by atoms with Gasteiger partial charge in [-0.2, -0.15) is 13.2 Å². The van der Waals surface area contributed by atoms with E-state index in [1.54, 1.807) is 26.0 Å². The summed E-state index contributed by atoms with van der Waals surface area (Å²) in [5, 5.41) is 0.119. The van der Waals surface area contributed by atoms with Gasteiger partial charge in [-0.1, -0.05) is 31.5 Å². The summed E-state index contributed by atoms with van der Waals surface area (Å²) in [6, 6.07) is 4.60. The van der Waals surface area contributed by atoms with Crippen LogP contribution in [0.5, 0.6) is 0 Å². The lowest BCUT2D eigenvalue weighted by Gasteiger charge is -2.26. The fraction of sp³-hybridized carbons (Fsp3) is 0.462. The molecular weight excluding hydrogens is 358 g/mol. The molecule has 0 aromatic heterocycles. The number of amides is 1. The second-order valence-corrected chi connectivity index (χ2v) is 6.03. The van der Waals surface area contributed by atoms with Crippen LogP contribution >= 0.6 is 27.5 Å². The summed E-state index contributed by atoms with van der Waals surface area (Å²) in [4.78, 5) is 13.0. The highest BCUT2D eigenvalue weighted by Gasteiger charge is 2.34. The van der Waals surface area contributed by atoms with E-state index in [0.717, 1.165) is 4.90 Å². The topological polar surface area (TPSA) is 20.3 Å². The van der Waals surface area contributed by atoms with E-state index in [9.17, 15) is 18.0 Å². The molecule has 1 aromatic carbocycles. The normalized spacial score (nSPS) is 11.8. The van der Waals surface area contributed by atoms with Gasteiger partial charge in [-0.3, -0.25) is 4.79 Å². The standard InChI is InChI=1S/C13H14BrClF3NO/c1-8(2)6-19(7-13(16,17)18)12(20)9-4-3-5-10(14)11(9)15/h3-5,8H,6-7H2,1-2H3. The molecule has 0 N–H and O–H groups in total. The average Bonchev–Trinajstić information content (AvgIpc) is 2.28. The number of carbonyl (C=O) groups is 1. The van der Waals surface area contributed by atoms with E-state index in [1.165, 1.54) is 6.07 Å². The molecule has 0 heterocycles. The molecule has 112 valence electrons. The molecule has 0 fully saturated rings. The molecule has 0 unspecified atom stereocenters. The molecule has 2 nitrogen and oxygen atoms in total. The van der Waals surface area contributed by atoms with Crippen LogP contribution in [-0.2, 0) is 0 Å². The third-order valence-corrected chi connectivity index (χ3v) is 3.72. The Hall–Kier alpha value is -0.750. The molecule has 0 spiro atoms. The van der Waals surface area contributed by atoms with Crippen molar-refractivity contribution in [3.8, 4) is 0 Å². The molecule has 1 amide bonds. The lowest BCUT2D eigenvalue weighted by atomic mass is 10.1. The van der Waals surface area contributed by atoms with Crippen molar-refractivity contribution in [3.63, 3.8) is 0 Å². The Bertz CT molecular complexity index is 491. The monoisotopic (exact) mass is 371 g/mol. The van der Waals surface area contributed by atoms with E-state index in [1.807, 2.05) is 0 Å². The van der Waals surface area contributed by atoms with Crippen molar-refractivity contribution in [1.29, 1.82) is 0 Å². The van der Waals surface area contributed by atoms with E-state index in [0.29, 0.717) is 4.47 Å². The number of hydrogen-bond donors (Lipinski definition) is 0. The number of halogens is 5. The van der Waals surface area contributed by atoms with Crippen molar-refractivity contribution in [2.45, 2.75) is 20.0 Å². The summed E-state index contributed by atoms with van der Waals surface area (Å²) >= 11 is 9.12. The first-order chi connectivity index (χ1) is 9.11. The number of hydrogen-bond acceptors (Lipinski definition) is 1. The van der Waals surface area contributed by atoms with Crippen molar-refractivity contribution in [3.05, 3.63) is 33.3 Å². The van der Waals surface area contributed by atoms with Gasteiger partial charge in [0.1, 0.15) is 6.54 Å². The molecule has 7 heteroatoms. The molecule has 20 heavy (non-hydrogen) atoms. The van der Waals surface area contributed by atoms with Crippen LogP contribution in [0.1, 0.15) is 24.2 Å². The van der Waals surface area contributed by atoms with Crippen molar-refractivity contribution in [2.24, 2.45) is 5.92 Å². The molecule has 1 aromatic rings. The Balaban J connectivity index is 3.06. The zero-order valence-electron chi connectivity index (χ0n) is 11.0. The zero-order chi connectivity index (χ0) is 15.5. The number of nitrogens with zero attached hydrogens (tertiary/aromatic N) is 1. The molecule has 0 bridgehead atoms. The maximum atomic E-state index is 12.6. The van der Waals surface area contributed by atoms with Gasteiger partial charge in [-0.05, 0) is 34.0 Å². The summed E-state index contributed by atoms with van der Waals surface area (Å²) in [7, 11) is 0. The van der Waals surface area contributed by atoms with Gasteiger partial charge in [-0.25, -0.2) is 0 Å². The summed E-state index contributed by atoms with van der Waals surface area (Å²) in [5.74, 6) is -0.797. The first-order valence-corrected chi connectivity index (χ1v) is 7.09. The van der Waals surface area contributed by atoms with Crippen molar-refractivity contribution in [1.82, 2.24) is 4.90 Å². The smallest absolute Gasteiger partial charge is 0.329 e. The third-order valence-electron chi connectivity index (χ3n) is 2.42. The minimum atomic E-state index is -4.44. The minimum Gasteiger partial charge on any atom is -0.329 e. The summed E-state index contributed by atoms with van der Waals surface area (Å²) < 4.78 is 38.2. The highest BCUT2D eigenvalue weighted by Crippen LogP contribution is 2.28. The maximum absolute atomic E-state index is 12.6. The van der Waals surface area contributed by atoms with Crippen LogP contribution in [0.25, 0.3) is 0 Å². The Labute approximate surface area is 129 Å². The first-order valence-electron chi connectivity index (χ1n) is 5.92. The Morgan fingerprint density at radius 2 is 2.00 bits per heavy atom. The zero-order valence-corrected chi connectivity index (χ0v) is 13.3. The largest absolute Gasteiger partial charge is 0.406 e. The van der Waals surface area contributed by atoms with E-state index in [4.69, 9.17) is 11.6 Å². The molecule has 0 saturated carbocycles. The van der Waals surface area contributed by atoms with Crippen molar-refractivity contribution >= 4 is 33.4 Å². The second kappa shape index (κ2) is 6.80. The van der Waals surface area contributed by atoms with Crippen LogP contribution in [0.15, 0.2) is 22.7 Å². The summed E-state index contributed by atoms with van der Waals surface area (Å²) in [6.07, 6.45) is -4.44. The number of benzene rings is 1. The van der Waals surface area contributed by atoms with Gasteiger partial charge < -0.3 is 4.90 Å². The fourth-order valence-electron chi connectivity index (χ4n) is 1.72. The lowest BCUT2D eigenvalue weighted by Crippen LogP contribution is -2.41. The lowest BCUT2D eigenvalue weighted by molar-refractivity contribution is -0.141. The number of rotatable bonds is 4. The predicted octanol–water partition coefficient (Wildman–Crippen LogP) is 4.76. The minimum absolute atomic E-state index is 0.0151. The molecule has 0 aliphatic rings. The van der Waals surface area contributed by atoms with Crippen LogP contribution < -0.4 is 0 Å². The van der Waals surface area contributed by atoms with Crippen LogP contribution in [-0.4, -0.2) is 30.1 Å². The van der Waals surface area contributed by atoms with Crippen LogP contribution in [0.3, 0.4) is 0 Å². The Morgan fingerprint density at radius 3 is 2.50 bits per heavy atom. The number of carbonyl (C=O) groups excluding carboxylic acids is 1. The molecule has 0 aliphatic heterocycles. The maximum Gasteiger partial charge on any atom is 0.406 e. The molecule has 0 radical (unpaired) electrons. The van der Waals surface area contributed by atoms with Gasteiger partial charge in [0, 0.05) is 11.0 Å². The van der Waals surface area contributed by atoms with Crippen LogP contribution in [0.4, 0.5) is 13.2 Å². The van der Waals surface area contributed by atoms with E-state index in [2.05, 4.69) is 15.9 Å². The van der Waals surface area contributed by atoms with Gasteiger partial charge in [0.25, 0.3) is 5.91 Å². The quantitative estimate of drug-likeness (QED) is 0.746. The fourth-order valence-corrected chi connectivity index (χ4v) is 2.29. The van der Waals surface area contributed by atoms with Crippen LogP contribution in [0, 0.1) is 5.92 Å². The first kappa shape index (κ1) is 17.3. The number of alkyl halides is 3. The molecule has 0 aliphatic carbocycles. The average molecular weight is 373 g/mol. The Morgan fingerprint density at radius 1 is 1.40 bits per heavy atom. The van der Waals surface area contributed by atoms with Crippen molar-refractivity contribution < 1.29 is 18.0 Å². The molecule has 1 rings (SSSR count). The van der Waals surface area contributed by atoms with E-state index >= 15 is 0 Å². The van der Waals surface area contributed by atoms with Gasteiger partial charge in [0.05, 0.1) is 10.6 Å². The predicted molar refractivity (Wildman–Crippen MR) is 75.9 cm³/mol. The second-order valence-electron chi connectivity index (χ2n) is 4.80. The van der Waals surface area contributed by atoms with Gasteiger partial charge >= 0.3 is 6.18 Å². The van der Waals surface area contributed by atoms with Gasteiger partial charge in [0.2, 0.25) is 0 Å². The summed E-state index contributed by atoms with van der Waals surface area (Å²) in [6.45, 7) is 2.23. The highest BCUT2D eigenvalue weighted by molar-refractivity contribution is 9.10. The van der Waals surface area contributed by atoms with Crippen molar-refractivity contribution in [2.75, 3.05) is 13.1 Å². The van der Waals surface area contributed by atoms with Gasteiger partial charge in [0.15, 0.2) is 0 Å². The molecule has 0 atom stereocenters. The summed E-state index contributed by atoms with van der Waals surface area (Å²) in [5.41, 5.74) is 0.0611. The highest BCUT2D eigenvalue weighted by atomic mass is 79.9. The van der Waals surface area contributed by atoms with Crippen LogP contribution in [0.2, 0.25) is 5.02 Å². The van der Waals surface area contributed by atoms with Gasteiger partial charge in [-0.15, -0.1) is 0 Å². The molecule has 0 saturated heterocycles. The van der Waals surface area contributed by atoms with E-state index in [-0.39, 0.29) is 23.0 Å². The third kappa shape index (κ3) is 4.98.